The normalized spacial score (nSPS) is 11.0. The van der Waals surface area contributed by atoms with Crippen LogP contribution in [0.15, 0.2) is 40.8 Å². The van der Waals surface area contributed by atoms with Crippen LogP contribution < -0.4 is 22.0 Å². The highest BCUT2D eigenvalue weighted by Crippen LogP contribution is 2.35. The first-order valence-corrected chi connectivity index (χ1v) is 8.32. The Bertz CT molecular complexity index is 1210. The lowest BCUT2D eigenvalue weighted by Crippen LogP contribution is -2.49. The van der Waals surface area contributed by atoms with E-state index in [-0.39, 0.29) is 0 Å². The van der Waals surface area contributed by atoms with Crippen molar-refractivity contribution in [1.82, 2.24) is 4.98 Å². The van der Waals surface area contributed by atoms with Crippen molar-refractivity contribution in [2.45, 2.75) is 0 Å². The van der Waals surface area contributed by atoms with Gasteiger partial charge >= 0.3 is 0 Å². The predicted molar refractivity (Wildman–Crippen MR) is 114 cm³/mol. The molecular formula is C18H14B4N2O. The van der Waals surface area contributed by atoms with E-state index in [4.69, 9.17) is 9.40 Å². The number of rotatable bonds is 1. The van der Waals surface area contributed by atoms with Gasteiger partial charge in [-0.05, 0) is 17.7 Å². The molecule has 0 saturated heterocycles. The Labute approximate surface area is 149 Å². The fourth-order valence-corrected chi connectivity index (χ4v) is 3.42. The zero-order valence-electron chi connectivity index (χ0n) is 14.8. The number of aromatic nitrogens is 1. The second kappa shape index (κ2) is 5.60. The van der Waals surface area contributed by atoms with E-state index in [1.807, 2.05) is 38.2 Å². The molecule has 114 valence electrons. The molecule has 25 heavy (non-hydrogen) atoms. The number of pyridine rings is 1. The van der Waals surface area contributed by atoms with Gasteiger partial charge in [-0.15, -0.1) is 0 Å². The Morgan fingerprint density at radius 3 is 2.24 bits per heavy atom. The first-order valence-electron chi connectivity index (χ1n) is 8.32. The van der Waals surface area contributed by atoms with Crippen LogP contribution in [0.3, 0.4) is 0 Å². The maximum absolute atomic E-state index is 9.37. The molecule has 0 saturated carbocycles. The number of nitriles is 1. The Balaban J connectivity index is 2.13. The van der Waals surface area contributed by atoms with Crippen molar-refractivity contribution in [3.8, 4) is 17.3 Å². The van der Waals surface area contributed by atoms with Crippen LogP contribution in [0.2, 0.25) is 0 Å². The molecule has 0 aliphatic heterocycles. The van der Waals surface area contributed by atoms with Crippen molar-refractivity contribution in [2.24, 2.45) is 0 Å². The Morgan fingerprint density at radius 1 is 0.840 bits per heavy atom. The Morgan fingerprint density at radius 2 is 1.52 bits per heavy atom. The third kappa shape index (κ3) is 2.21. The number of para-hydroxylation sites is 2. The quantitative estimate of drug-likeness (QED) is 0.366. The fourth-order valence-electron chi connectivity index (χ4n) is 3.42. The number of benzene rings is 2. The lowest BCUT2D eigenvalue weighted by Gasteiger charge is -2.14. The van der Waals surface area contributed by atoms with Crippen molar-refractivity contribution in [1.29, 1.82) is 5.26 Å². The number of furan rings is 1. The van der Waals surface area contributed by atoms with Crippen LogP contribution in [0.5, 0.6) is 0 Å². The van der Waals surface area contributed by atoms with Crippen LogP contribution in [-0.4, -0.2) is 36.4 Å². The summed E-state index contributed by atoms with van der Waals surface area (Å²) < 4.78 is 6.16. The van der Waals surface area contributed by atoms with Gasteiger partial charge < -0.3 is 4.42 Å². The van der Waals surface area contributed by atoms with E-state index in [2.05, 4.69) is 29.6 Å². The van der Waals surface area contributed by atoms with Crippen LogP contribution >= 0.6 is 0 Å². The minimum Gasteiger partial charge on any atom is -0.454 e. The highest BCUT2D eigenvalue weighted by Gasteiger charge is 2.17. The van der Waals surface area contributed by atoms with Crippen LogP contribution in [0.1, 0.15) is 5.56 Å². The van der Waals surface area contributed by atoms with Gasteiger partial charge in [0.15, 0.2) is 13.4 Å². The average molecular weight is 318 g/mol. The second-order valence-electron chi connectivity index (χ2n) is 6.50. The molecule has 0 bridgehead atoms. The van der Waals surface area contributed by atoms with Crippen LogP contribution in [0.25, 0.3) is 33.2 Å². The van der Waals surface area contributed by atoms with Gasteiger partial charge in [-0.3, -0.25) is 4.98 Å². The lowest BCUT2D eigenvalue weighted by atomic mass is 9.68. The van der Waals surface area contributed by atoms with Crippen LogP contribution in [0.4, 0.5) is 0 Å². The van der Waals surface area contributed by atoms with Gasteiger partial charge in [0.05, 0.1) is 11.3 Å². The van der Waals surface area contributed by atoms with E-state index < -0.39 is 0 Å². The summed E-state index contributed by atoms with van der Waals surface area (Å²) in [7, 11) is 8.38. The summed E-state index contributed by atoms with van der Waals surface area (Å²) in [5, 5.41) is 11.4. The summed E-state index contributed by atoms with van der Waals surface area (Å²) in [6.45, 7) is 0. The number of fused-ring (bicyclic) bond motifs is 3. The molecule has 3 nitrogen and oxygen atoms in total. The summed E-state index contributed by atoms with van der Waals surface area (Å²) in [6, 6.07) is 14.0. The summed E-state index contributed by atoms with van der Waals surface area (Å²) >= 11 is 0. The van der Waals surface area contributed by atoms with Gasteiger partial charge in [0.2, 0.25) is 0 Å². The van der Waals surface area contributed by atoms with E-state index in [1.54, 1.807) is 6.07 Å². The van der Waals surface area contributed by atoms with Crippen molar-refractivity contribution >= 4 is 75.3 Å². The maximum Gasteiger partial charge on any atom is 0.163 e. The zero-order chi connectivity index (χ0) is 17.7. The molecule has 0 unspecified atom stereocenters. The first-order chi connectivity index (χ1) is 12.0. The fraction of sp³-hybridized carbons (Fsp3) is 0. The molecule has 0 aliphatic carbocycles. The smallest absolute Gasteiger partial charge is 0.163 e. The highest BCUT2D eigenvalue weighted by molar-refractivity contribution is 6.62. The maximum atomic E-state index is 9.37. The molecule has 0 atom stereocenters. The second-order valence-corrected chi connectivity index (χ2v) is 6.50. The van der Waals surface area contributed by atoms with Crippen molar-refractivity contribution in [3.63, 3.8) is 0 Å². The predicted octanol–water partition coefficient (Wildman–Crippen LogP) is -2.45. The van der Waals surface area contributed by atoms with E-state index in [0.717, 1.165) is 38.7 Å². The van der Waals surface area contributed by atoms with Gasteiger partial charge in [0.25, 0.3) is 0 Å². The highest BCUT2D eigenvalue weighted by atomic mass is 16.3. The molecule has 2 heterocycles. The molecule has 4 aromatic rings. The largest absolute Gasteiger partial charge is 0.454 e. The minimum absolute atomic E-state index is 0.556. The van der Waals surface area contributed by atoms with Gasteiger partial charge in [0, 0.05) is 16.3 Å². The standard InChI is InChI=1S/C18H14B4N2O/c19-12-13(20)15(24-18(22)14(12)21)11-6-2-5-10-9-4-1-3-8(7-23)16(9)25-17(10)11/h1-6H,19-22H2. The third-order valence-electron chi connectivity index (χ3n) is 5.20. The van der Waals surface area contributed by atoms with Crippen molar-refractivity contribution < 1.29 is 4.42 Å². The molecule has 0 radical (unpaired) electrons. The van der Waals surface area contributed by atoms with Gasteiger partial charge in [-0.2, -0.15) is 5.26 Å². The molecular weight excluding hydrogens is 303 g/mol. The Hall–Kier alpha value is -2.86. The average Bonchev–Trinajstić information content (AvgIpc) is 3.02. The van der Waals surface area contributed by atoms with E-state index in [9.17, 15) is 5.26 Å². The van der Waals surface area contributed by atoms with E-state index in [1.165, 1.54) is 10.9 Å². The van der Waals surface area contributed by atoms with Gasteiger partial charge in [-0.25, -0.2) is 0 Å². The molecule has 7 heteroatoms. The van der Waals surface area contributed by atoms with Crippen molar-refractivity contribution in [2.75, 3.05) is 0 Å². The third-order valence-corrected chi connectivity index (χ3v) is 5.20. The van der Waals surface area contributed by atoms with E-state index in [0.29, 0.717) is 11.1 Å². The molecule has 2 aromatic carbocycles. The summed E-state index contributed by atoms with van der Waals surface area (Å²) in [6.07, 6.45) is 0. The number of hydrogen-bond donors (Lipinski definition) is 0. The summed E-state index contributed by atoms with van der Waals surface area (Å²) in [5.41, 5.74) is 8.59. The zero-order valence-corrected chi connectivity index (χ0v) is 14.8. The monoisotopic (exact) mass is 318 g/mol. The summed E-state index contributed by atoms with van der Waals surface area (Å²) in [5.74, 6) is 0. The minimum atomic E-state index is 0.556. The lowest BCUT2D eigenvalue weighted by molar-refractivity contribution is 0.668. The molecule has 0 aliphatic rings. The summed E-state index contributed by atoms with van der Waals surface area (Å²) in [4.78, 5) is 4.84. The number of nitrogens with zero attached hydrogens (tertiary/aromatic N) is 2. The van der Waals surface area contributed by atoms with Crippen LogP contribution in [0, 0.1) is 11.3 Å². The SMILES string of the molecule is Bc1nc(-c2cccc3c2oc2c(C#N)cccc23)c(B)c(B)c1B. The number of hydrogen-bond acceptors (Lipinski definition) is 3. The molecule has 0 spiro atoms. The molecule has 0 amide bonds. The van der Waals surface area contributed by atoms with Crippen molar-refractivity contribution in [3.05, 3.63) is 42.0 Å². The molecule has 2 aromatic heterocycles. The topological polar surface area (TPSA) is 49.8 Å². The molecule has 0 fully saturated rings. The molecule has 4 rings (SSSR count). The first kappa shape index (κ1) is 15.7. The molecule has 0 N–H and O–H groups in total. The van der Waals surface area contributed by atoms with Gasteiger partial charge in [0.1, 0.15) is 35.2 Å². The van der Waals surface area contributed by atoms with Gasteiger partial charge in [-0.1, -0.05) is 40.7 Å². The van der Waals surface area contributed by atoms with Crippen LogP contribution in [-0.2, 0) is 0 Å². The Kier molecular flexibility index (Phi) is 3.50. The van der Waals surface area contributed by atoms with E-state index >= 15 is 0 Å².